The quantitative estimate of drug-likeness (QED) is 0.466. The van der Waals surface area contributed by atoms with Crippen molar-refractivity contribution < 1.29 is 4.79 Å². The molecule has 3 rings (SSSR count). The molecule has 0 bridgehead atoms. The highest BCUT2D eigenvalue weighted by Crippen LogP contribution is 2.30. The van der Waals surface area contributed by atoms with Gasteiger partial charge in [0, 0.05) is 18.0 Å². The SMILES string of the molecule is CSc1ccc(/C=C2\C(=O)N(C3CCCCC3)C(=S)N2C)cc1. The lowest BCUT2D eigenvalue weighted by Gasteiger charge is -2.30. The van der Waals surface area contributed by atoms with Crippen molar-refractivity contribution in [3.63, 3.8) is 0 Å². The van der Waals surface area contributed by atoms with E-state index in [9.17, 15) is 4.79 Å². The van der Waals surface area contributed by atoms with Gasteiger partial charge in [-0.05, 0) is 55.1 Å². The molecule has 5 heteroatoms. The lowest BCUT2D eigenvalue weighted by atomic mass is 9.94. The summed E-state index contributed by atoms with van der Waals surface area (Å²) in [5, 5.41) is 0.647. The lowest BCUT2D eigenvalue weighted by Crippen LogP contribution is -2.41. The van der Waals surface area contributed by atoms with Crippen LogP contribution in [0.1, 0.15) is 37.7 Å². The van der Waals surface area contributed by atoms with Crippen LogP contribution < -0.4 is 0 Å². The van der Waals surface area contributed by atoms with Gasteiger partial charge < -0.3 is 4.90 Å². The Morgan fingerprint density at radius 3 is 2.43 bits per heavy atom. The molecule has 23 heavy (non-hydrogen) atoms. The second kappa shape index (κ2) is 7.05. The van der Waals surface area contributed by atoms with Crippen molar-refractivity contribution in [2.75, 3.05) is 13.3 Å². The van der Waals surface area contributed by atoms with Crippen molar-refractivity contribution in [3.05, 3.63) is 35.5 Å². The van der Waals surface area contributed by atoms with Crippen molar-refractivity contribution >= 4 is 41.1 Å². The van der Waals surface area contributed by atoms with Crippen molar-refractivity contribution in [3.8, 4) is 0 Å². The Morgan fingerprint density at radius 1 is 1.17 bits per heavy atom. The van der Waals surface area contributed by atoms with Crippen molar-refractivity contribution in [2.45, 2.75) is 43.0 Å². The molecule has 1 aromatic rings. The molecular formula is C18H22N2OS2. The molecule has 0 radical (unpaired) electrons. The molecular weight excluding hydrogens is 324 g/mol. The van der Waals surface area contributed by atoms with E-state index in [1.807, 2.05) is 35.1 Å². The number of hydrogen-bond acceptors (Lipinski definition) is 3. The van der Waals surface area contributed by atoms with Gasteiger partial charge >= 0.3 is 0 Å². The van der Waals surface area contributed by atoms with Crippen LogP contribution in [-0.4, -0.2) is 40.2 Å². The third-order valence-electron chi connectivity index (χ3n) is 4.65. The predicted molar refractivity (Wildman–Crippen MR) is 100 cm³/mol. The molecule has 1 saturated carbocycles. The zero-order valence-corrected chi connectivity index (χ0v) is 15.3. The van der Waals surface area contributed by atoms with E-state index in [2.05, 4.69) is 18.4 Å². The number of rotatable bonds is 3. The molecule has 1 saturated heterocycles. The Hall–Kier alpha value is -1.33. The number of benzene rings is 1. The molecule has 0 aromatic heterocycles. The normalized spacial score (nSPS) is 21.6. The number of carbonyl (C=O) groups is 1. The number of likely N-dealkylation sites (N-methyl/N-ethyl adjacent to an activating group) is 1. The Kier molecular flexibility index (Phi) is 5.07. The second-order valence-corrected chi connectivity index (χ2v) is 7.36. The van der Waals surface area contributed by atoms with Crippen LogP contribution in [0.15, 0.2) is 34.9 Å². The van der Waals surface area contributed by atoms with E-state index in [-0.39, 0.29) is 11.9 Å². The maximum absolute atomic E-state index is 12.9. The van der Waals surface area contributed by atoms with Gasteiger partial charge in [-0.2, -0.15) is 0 Å². The van der Waals surface area contributed by atoms with Gasteiger partial charge in [0.05, 0.1) is 0 Å². The Morgan fingerprint density at radius 2 is 1.83 bits per heavy atom. The number of amides is 1. The van der Waals surface area contributed by atoms with E-state index in [0.717, 1.165) is 18.4 Å². The van der Waals surface area contributed by atoms with Crippen LogP contribution in [-0.2, 0) is 4.79 Å². The zero-order valence-electron chi connectivity index (χ0n) is 13.6. The monoisotopic (exact) mass is 346 g/mol. The highest BCUT2D eigenvalue weighted by atomic mass is 32.2. The molecule has 3 nitrogen and oxygen atoms in total. The molecule has 122 valence electrons. The van der Waals surface area contributed by atoms with Crippen molar-refractivity contribution in [1.29, 1.82) is 0 Å². The van der Waals surface area contributed by atoms with Crippen molar-refractivity contribution in [1.82, 2.24) is 9.80 Å². The Labute approximate surface area is 147 Å². The molecule has 2 fully saturated rings. The topological polar surface area (TPSA) is 23.6 Å². The van der Waals surface area contributed by atoms with E-state index in [1.54, 1.807) is 11.8 Å². The second-order valence-electron chi connectivity index (χ2n) is 6.11. The standard InChI is InChI=1S/C18H22N2OS2/c1-19-16(12-13-8-10-15(23-2)11-9-13)17(21)20(18(19)22)14-6-4-3-5-7-14/h8-12,14H,3-7H2,1-2H3/b16-12+. The van der Waals surface area contributed by atoms with Gasteiger partial charge in [0.15, 0.2) is 5.11 Å². The van der Waals surface area contributed by atoms with Gasteiger partial charge in [-0.15, -0.1) is 11.8 Å². The number of hydrogen-bond donors (Lipinski definition) is 0. The van der Waals surface area contributed by atoms with Gasteiger partial charge in [-0.25, -0.2) is 0 Å². The molecule has 1 amide bonds. The first-order valence-corrected chi connectivity index (χ1v) is 9.72. The Bertz CT molecular complexity index is 633. The highest BCUT2D eigenvalue weighted by Gasteiger charge is 2.40. The molecule has 0 N–H and O–H groups in total. The Balaban J connectivity index is 1.85. The molecule has 2 aliphatic rings. The van der Waals surface area contributed by atoms with E-state index < -0.39 is 0 Å². The average Bonchev–Trinajstić information content (AvgIpc) is 2.80. The minimum absolute atomic E-state index is 0.0540. The van der Waals surface area contributed by atoms with Crippen LogP contribution in [0.3, 0.4) is 0 Å². The van der Waals surface area contributed by atoms with Gasteiger partial charge in [0.2, 0.25) is 0 Å². The fourth-order valence-corrected chi connectivity index (χ4v) is 4.03. The average molecular weight is 347 g/mol. The number of carbonyl (C=O) groups excluding carboxylic acids is 1. The summed E-state index contributed by atoms with van der Waals surface area (Å²) in [7, 11) is 1.89. The number of thioether (sulfide) groups is 1. The summed E-state index contributed by atoms with van der Waals surface area (Å²) < 4.78 is 0. The fourth-order valence-electron chi connectivity index (χ4n) is 3.30. The van der Waals surface area contributed by atoms with Gasteiger partial charge in [0.25, 0.3) is 5.91 Å². The molecule has 1 aliphatic heterocycles. The summed E-state index contributed by atoms with van der Waals surface area (Å²) in [6, 6.07) is 8.52. The number of nitrogens with zero attached hydrogens (tertiary/aromatic N) is 2. The summed E-state index contributed by atoms with van der Waals surface area (Å²) in [6.45, 7) is 0. The summed E-state index contributed by atoms with van der Waals surface area (Å²) in [4.78, 5) is 17.8. The smallest absolute Gasteiger partial charge is 0.277 e. The van der Waals surface area contributed by atoms with Crippen LogP contribution in [0.2, 0.25) is 0 Å². The summed E-state index contributed by atoms with van der Waals surface area (Å²) >= 11 is 7.25. The summed E-state index contributed by atoms with van der Waals surface area (Å²) in [5.74, 6) is 0.0540. The van der Waals surface area contributed by atoms with E-state index in [0.29, 0.717) is 10.8 Å². The molecule has 1 aromatic carbocycles. The maximum Gasteiger partial charge on any atom is 0.277 e. The molecule has 0 spiro atoms. The van der Waals surface area contributed by atoms with Crippen molar-refractivity contribution in [2.24, 2.45) is 0 Å². The van der Waals surface area contributed by atoms with Crippen LogP contribution in [0.25, 0.3) is 6.08 Å². The predicted octanol–water partition coefficient (Wildman–Crippen LogP) is 4.14. The van der Waals surface area contributed by atoms with E-state index >= 15 is 0 Å². The van der Waals surface area contributed by atoms with E-state index in [4.69, 9.17) is 12.2 Å². The molecule has 1 aliphatic carbocycles. The van der Waals surface area contributed by atoms with Crippen LogP contribution in [0.5, 0.6) is 0 Å². The first-order chi connectivity index (χ1) is 11.1. The minimum Gasteiger partial charge on any atom is -0.317 e. The lowest BCUT2D eigenvalue weighted by molar-refractivity contribution is -0.124. The summed E-state index contributed by atoms with van der Waals surface area (Å²) in [5.41, 5.74) is 1.71. The van der Waals surface area contributed by atoms with E-state index in [1.165, 1.54) is 24.2 Å². The molecule has 1 heterocycles. The van der Waals surface area contributed by atoms with Gasteiger partial charge in [-0.3, -0.25) is 9.69 Å². The van der Waals surface area contributed by atoms with Crippen LogP contribution in [0, 0.1) is 0 Å². The van der Waals surface area contributed by atoms with Crippen LogP contribution >= 0.6 is 24.0 Å². The molecule has 0 atom stereocenters. The first kappa shape index (κ1) is 16.5. The third-order valence-corrected chi connectivity index (χ3v) is 5.87. The highest BCUT2D eigenvalue weighted by molar-refractivity contribution is 7.98. The molecule has 0 unspecified atom stereocenters. The van der Waals surface area contributed by atoms with Gasteiger partial charge in [0.1, 0.15) is 5.70 Å². The zero-order chi connectivity index (χ0) is 16.4. The third kappa shape index (κ3) is 3.31. The maximum atomic E-state index is 12.9. The summed E-state index contributed by atoms with van der Waals surface area (Å²) in [6.07, 6.45) is 9.78. The van der Waals surface area contributed by atoms with Crippen LogP contribution in [0.4, 0.5) is 0 Å². The largest absolute Gasteiger partial charge is 0.317 e. The van der Waals surface area contributed by atoms with Gasteiger partial charge in [-0.1, -0.05) is 31.4 Å². The first-order valence-electron chi connectivity index (χ1n) is 8.09. The minimum atomic E-state index is 0.0540. The number of thiocarbonyl (C=S) groups is 1. The fraction of sp³-hybridized carbons (Fsp3) is 0.444.